The minimum Gasteiger partial charge on any atom is -0.354 e. The Bertz CT molecular complexity index is 819. The van der Waals surface area contributed by atoms with E-state index in [2.05, 4.69) is 20.6 Å². The summed E-state index contributed by atoms with van der Waals surface area (Å²) in [4.78, 5) is 36.3. The van der Waals surface area contributed by atoms with E-state index in [4.69, 9.17) is 0 Å². The zero-order valence-corrected chi connectivity index (χ0v) is 16.6. The van der Waals surface area contributed by atoms with Gasteiger partial charge in [0.1, 0.15) is 9.88 Å². The standard InChI is InChI=1S/C20H25N5O2S/c26-18(15-7-3-9-21-15)23-11-14-5-4-10-25(13-14)20(27)17-12-24-19(28-17)16-6-1-2-8-22-16/h1-2,6,8,12,14-15,21H,3-5,7,9-11,13H2,(H,23,26). The van der Waals surface area contributed by atoms with Gasteiger partial charge in [-0.3, -0.25) is 14.6 Å². The van der Waals surface area contributed by atoms with Crippen LogP contribution in [0.2, 0.25) is 0 Å². The van der Waals surface area contributed by atoms with Crippen molar-refractivity contribution in [3.05, 3.63) is 35.5 Å². The molecule has 2 saturated heterocycles. The zero-order valence-electron chi connectivity index (χ0n) is 15.8. The van der Waals surface area contributed by atoms with Gasteiger partial charge in [-0.05, 0) is 50.3 Å². The molecule has 2 fully saturated rings. The molecule has 2 atom stereocenters. The number of hydrogen-bond donors (Lipinski definition) is 2. The summed E-state index contributed by atoms with van der Waals surface area (Å²) in [7, 11) is 0. The first-order valence-corrected chi connectivity index (χ1v) is 10.7. The predicted molar refractivity (Wildman–Crippen MR) is 108 cm³/mol. The molecule has 7 nitrogen and oxygen atoms in total. The number of hydrogen-bond acceptors (Lipinski definition) is 6. The van der Waals surface area contributed by atoms with E-state index in [1.807, 2.05) is 23.1 Å². The quantitative estimate of drug-likeness (QED) is 0.802. The SMILES string of the molecule is O=C(NCC1CCCN(C(=O)c2cnc(-c3ccccn3)s2)C1)C1CCCN1. The van der Waals surface area contributed by atoms with Gasteiger partial charge in [-0.2, -0.15) is 0 Å². The second-order valence-corrected chi connectivity index (χ2v) is 8.43. The van der Waals surface area contributed by atoms with E-state index in [0.717, 1.165) is 49.5 Å². The number of rotatable bonds is 5. The summed E-state index contributed by atoms with van der Waals surface area (Å²) in [6, 6.07) is 5.61. The Morgan fingerprint density at radius 2 is 2.18 bits per heavy atom. The topological polar surface area (TPSA) is 87.2 Å². The highest BCUT2D eigenvalue weighted by Gasteiger charge is 2.27. The summed E-state index contributed by atoms with van der Waals surface area (Å²) in [6.45, 7) is 2.97. The van der Waals surface area contributed by atoms with E-state index in [1.54, 1.807) is 12.4 Å². The zero-order chi connectivity index (χ0) is 19.3. The molecule has 0 saturated carbocycles. The lowest BCUT2D eigenvalue weighted by atomic mass is 9.97. The van der Waals surface area contributed by atoms with Gasteiger partial charge in [-0.15, -0.1) is 11.3 Å². The number of nitrogens with one attached hydrogen (secondary N) is 2. The van der Waals surface area contributed by atoms with Crippen LogP contribution in [-0.2, 0) is 4.79 Å². The van der Waals surface area contributed by atoms with Crippen LogP contribution in [0.25, 0.3) is 10.7 Å². The molecule has 2 aliphatic heterocycles. The number of aromatic nitrogens is 2. The Balaban J connectivity index is 1.33. The van der Waals surface area contributed by atoms with Crippen LogP contribution in [0, 0.1) is 5.92 Å². The van der Waals surface area contributed by atoms with Crippen molar-refractivity contribution in [2.45, 2.75) is 31.7 Å². The van der Waals surface area contributed by atoms with Gasteiger partial charge < -0.3 is 15.5 Å². The number of pyridine rings is 1. The summed E-state index contributed by atoms with van der Waals surface area (Å²) >= 11 is 1.38. The van der Waals surface area contributed by atoms with Crippen LogP contribution in [0.5, 0.6) is 0 Å². The van der Waals surface area contributed by atoms with Crippen LogP contribution in [0.4, 0.5) is 0 Å². The van der Waals surface area contributed by atoms with Gasteiger partial charge in [0.05, 0.1) is 17.9 Å². The second kappa shape index (κ2) is 8.79. The first kappa shape index (κ1) is 19.0. The van der Waals surface area contributed by atoms with E-state index in [0.29, 0.717) is 23.9 Å². The van der Waals surface area contributed by atoms with Crippen LogP contribution in [0.3, 0.4) is 0 Å². The van der Waals surface area contributed by atoms with E-state index in [1.165, 1.54) is 11.3 Å². The number of amides is 2. The van der Waals surface area contributed by atoms with Crippen molar-refractivity contribution in [2.24, 2.45) is 5.92 Å². The third-order valence-electron chi connectivity index (χ3n) is 5.35. The van der Waals surface area contributed by atoms with Crippen molar-refractivity contribution >= 4 is 23.2 Å². The average Bonchev–Trinajstić information content (AvgIpc) is 3.45. The Hall–Kier alpha value is -2.32. The maximum absolute atomic E-state index is 12.9. The Morgan fingerprint density at radius 1 is 1.25 bits per heavy atom. The van der Waals surface area contributed by atoms with E-state index < -0.39 is 0 Å². The lowest BCUT2D eigenvalue weighted by Gasteiger charge is -2.32. The molecule has 0 aliphatic carbocycles. The first-order chi connectivity index (χ1) is 13.7. The number of carbonyl (C=O) groups is 2. The van der Waals surface area contributed by atoms with Gasteiger partial charge in [-0.1, -0.05) is 6.07 Å². The number of likely N-dealkylation sites (tertiary alicyclic amines) is 1. The Morgan fingerprint density at radius 3 is 2.96 bits per heavy atom. The molecule has 4 rings (SSSR count). The minimum absolute atomic E-state index is 0.0215. The highest BCUT2D eigenvalue weighted by molar-refractivity contribution is 7.16. The molecule has 4 heterocycles. The fraction of sp³-hybridized carbons (Fsp3) is 0.500. The largest absolute Gasteiger partial charge is 0.354 e. The molecule has 28 heavy (non-hydrogen) atoms. The molecule has 2 aromatic rings. The predicted octanol–water partition coefficient (Wildman–Crippen LogP) is 1.93. The summed E-state index contributed by atoms with van der Waals surface area (Å²) in [5, 5.41) is 7.04. The smallest absolute Gasteiger partial charge is 0.265 e. The van der Waals surface area contributed by atoms with Crippen LogP contribution in [0.15, 0.2) is 30.6 Å². The monoisotopic (exact) mass is 399 g/mol. The van der Waals surface area contributed by atoms with Gasteiger partial charge in [0.25, 0.3) is 5.91 Å². The Labute approximate surface area is 168 Å². The molecule has 2 unspecified atom stereocenters. The number of thiazole rings is 1. The van der Waals surface area contributed by atoms with Gasteiger partial charge in [0.2, 0.25) is 5.91 Å². The Kier molecular flexibility index (Phi) is 5.97. The van der Waals surface area contributed by atoms with Crippen molar-refractivity contribution in [1.29, 1.82) is 0 Å². The van der Waals surface area contributed by atoms with Crippen molar-refractivity contribution < 1.29 is 9.59 Å². The van der Waals surface area contributed by atoms with Gasteiger partial charge in [0.15, 0.2) is 0 Å². The van der Waals surface area contributed by atoms with Crippen LogP contribution in [0.1, 0.15) is 35.4 Å². The molecule has 0 spiro atoms. The minimum atomic E-state index is -0.0523. The van der Waals surface area contributed by atoms with Crippen molar-refractivity contribution in [3.63, 3.8) is 0 Å². The molecule has 0 radical (unpaired) electrons. The maximum atomic E-state index is 12.9. The third-order valence-corrected chi connectivity index (χ3v) is 6.36. The first-order valence-electron chi connectivity index (χ1n) is 9.88. The summed E-state index contributed by atoms with van der Waals surface area (Å²) in [5.41, 5.74) is 0.784. The summed E-state index contributed by atoms with van der Waals surface area (Å²) in [6.07, 6.45) is 7.32. The van der Waals surface area contributed by atoms with Gasteiger partial charge in [-0.25, -0.2) is 4.98 Å². The lowest BCUT2D eigenvalue weighted by Crippen LogP contribution is -2.46. The second-order valence-electron chi connectivity index (χ2n) is 7.40. The highest BCUT2D eigenvalue weighted by Crippen LogP contribution is 2.26. The maximum Gasteiger partial charge on any atom is 0.265 e. The summed E-state index contributed by atoms with van der Waals surface area (Å²) < 4.78 is 0. The molecule has 2 aromatic heterocycles. The van der Waals surface area contributed by atoms with Crippen molar-refractivity contribution in [3.8, 4) is 10.7 Å². The third kappa shape index (κ3) is 4.39. The molecule has 0 bridgehead atoms. The fourth-order valence-electron chi connectivity index (χ4n) is 3.83. The van der Waals surface area contributed by atoms with E-state index in [-0.39, 0.29) is 17.9 Å². The van der Waals surface area contributed by atoms with Crippen LogP contribution in [-0.4, -0.2) is 58.9 Å². The lowest BCUT2D eigenvalue weighted by molar-refractivity contribution is -0.123. The molecule has 2 amide bonds. The van der Waals surface area contributed by atoms with Crippen LogP contribution < -0.4 is 10.6 Å². The number of carbonyl (C=O) groups excluding carboxylic acids is 2. The van der Waals surface area contributed by atoms with Crippen molar-refractivity contribution in [1.82, 2.24) is 25.5 Å². The molecule has 2 N–H and O–H groups in total. The normalized spacial score (nSPS) is 22.2. The molecule has 0 aromatic carbocycles. The van der Waals surface area contributed by atoms with Crippen molar-refractivity contribution in [2.75, 3.05) is 26.2 Å². The molecule has 8 heteroatoms. The highest BCUT2D eigenvalue weighted by atomic mass is 32.1. The fourth-order valence-corrected chi connectivity index (χ4v) is 4.69. The number of piperidine rings is 1. The molecular formula is C20H25N5O2S. The molecular weight excluding hydrogens is 374 g/mol. The number of nitrogens with zero attached hydrogens (tertiary/aromatic N) is 3. The average molecular weight is 400 g/mol. The summed E-state index contributed by atoms with van der Waals surface area (Å²) in [5.74, 6) is 0.405. The van der Waals surface area contributed by atoms with Gasteiger partial charge >= 0.3 is 0 Å². The van der Waals surface area contributed by atoms with Crippen LogP contribution >= 0.6 is 11.3 Å². The van der Waals surface area contributed by atoms with E-state index in [9.17, 15) is 9.59 Å². The molecule has 148 valence electrons. The molecule has 2 aliphatic rings. The van der Waals surface area contributed by atoms with Gasteiger partial charge in [0, 0.05) is 25.8 Å². The van der Waals surface area contributed by atoms with E-state index >= 15 is 0 Å².